The molecule has 1 saturated carbocycles. The largest absolute Gasteiger partial charge is 0.507 e. The molecule has 0 aliphatic heterocycles. The van der Waals surface area contributed by atoms with Crippen molar-refractivity contribution in [3.8, 4) is 11.5 Å². The number of hydrogen-bond donors (Lipinski definition) is 2. The molecule has 0 heterocycles. The molecule has 1 fully saturated rings. The quantitative estimate of drug-likeness (QED) is 0.305. The van der Waals surface area contributed by atoms with Crippen LogP contribution in [0.1, 0.15) is 125 Å². The summed E-state index contributed by atoms with van der Waals surface area (Å²) in [5, 5.41) is 24.0. The Balaban J connectivity index is 1.38. The van der Waals surface area contributed by atoms with Gasteiger partial charge in [-0.15, -0.1) is 0 Å². The van der Waals surface area contributed by atoms with Crippen LogP contribution >= 0.6 is 23.5 Å². The lowest BCUT2D eigenvalue weighted by Crippen LogP contribution is -2.22. The van der Waals surface area contributed by atoms with Gasteiger partial charge in [0.2, 0.25) is 0 Å². The van der Waals surface area contributed by atoms with Crippen LogP contribution in [0, 0.1) is 0 Å². The van der Waals surface area contributed by atoms with Gasteiger partial charge >= 0.3 is 0 Å². The summed E-state index contributed by atoms with van der Waals surface area (Å²) in [5.74, 6) is 2.85. The monoisotopic (exact) mass is 628 g/mol. The molecule has 3 aliphatic carbocycles. The minimum Gasteiger partial charge on any atom is -0.507 e. The number of thioether (sulfide) groups is 2. The highest BCUT2D eigenvalue weighted by atomic mass is 32.2. The van der Waals surface area contributed by atoms with E-state index < -0.39 is 0 Å². The minimum atomic E-state index is 0.0129. The fraction of sp³-hybridized carbons (Fsp3) is 0.500. The molecule has 0 amide bonds. The van der Waals surface area contributed by atoms with E-state index in [0.717, 1.165) is 33.8 Å². The minimum absolute atomic E-state index is 0.0129. The van der Waals surface area contributed by atoms with Crippen molar-refractivity contribution < 1.29 is 10.2 Å². The molecule has 2 nitrogen and oxygen atoms in total. The maximum atomic E-state index is 11.5. The van der Waals surface area contributed by atoms with Crippen molar-refractivity contribution >= 4 is 23.5 Å². The third-order valence-corrected chi connectivity index (χ3v) is 12.5. The van der Waals surface area contributed by atoms with E-state index in [0.29, 0.717) is 22.0 Å². The summed E-state index contributed by atoms with van der Waals surface area (Å²) < 4.78 is 0. The van der Waals surface area contributed by atoms with E-state index in [1.807, 2.05) is 23.5 Å². The summed E-state index contributed by atoms with van der Waals surface area (Å²) in [7, 11) is 0. The van der Waals surface area contributed by atoms with Gasteiger partial charge in [-0.1, -0.05) is 140 Å². The molecule has 2 aromatic carbocycles. The van der Waals surface area contributed by atoms with Crippen molar-refractivity contribution in [3.05, 3.63) is 106 Å². The summed E-state index contributed by atoms with van der Waals surface area (Å²) in [6.07, 6.45) is 24.6. The number of benzene rings is 2. The molecule has 0 spiro atoms. The Morgan fingerprint density at radius 2 is 0.932 bits per heavy atom. The van der Waals surface area contributed by atoms with Crippen molar-refractivity contribution in [2.45, 2.75) is 125 Å². The zero-order chi connectivity index (χ0) is 31.5. The van der Waals surface area contributed by atoms with Gasteiger partial charge in [-0.05, 0) is 34.8 Å². The number of rotatable bonds is 8. The van der Waals surface area contributed by atoms with E-state index in [9.17, 15) is 10.2 Å². The normalized spacial score (nSPS) is 21.3. The van der Waals surface area contributed by atoms with E-state index in [-0.39, 0.29) is 22.7 Å². The van der Waals surface area contributed by atoms with E-state index in [1.54, 1.807) is 0 Å². The van der Waals surface area contributed by atoms with Crippen LogP contribution in [0.2, 0.25) is 0 Å². The van der Waals surface area contributed by atoms with Crippen LogP contribution in [0.25, 0.3) is 0 Å². The summed E-state index contributed by atoms with van der Waals surface area (Å²) in [5.41, 5.74) is 6.78. The van der Waals surface area contributed by atoms with E-state index in [1.165, 1.54) is 49.7 Å². The molecule has 0 aromatic heterocycles. The first-order valence-electron chi connectivity index (χ1n) is 16.6. The third-order valence-electron chi connectivity index (χ3n) is 9.43. The SMILES string of the molecule is CC(C)(C)c1cc(CSC2CCCCCCC2SCc2cc(C(C)(C)C)cc(C3C=CC=C3)c2O)c(O)c(C2C=CC=C2)c1. The Kier molecular flexibility index (Phi) is 10.5. The van der Waals surface area contributed by atoms with E-state index >= 15 is 0 Å². The maximum Gasteiger partial charge on any atom is 0.123 e. The topological polar surface area (TPSA) is 40.5 Å². The second kappa shape index (κ2) is 14.0. The molecule has 0 bridgehead atoms. The fourth-order valence-electron chi connectivity index (χ4n) is 6.50. The number of allylic oxidation sites excluding steroid dienone is 8. The van der Waals surface area contributed by atoms with Gasteiger partial charge in [0, 0.05) is 56.1 Å². The molecule has 44 heavy (non-hydrogen) atoms. The van der Waals surface area contributed by atoms with Crippen molar-refractivity contribution in [3.63, 3.8) is 0 Å². The lowest BCUT2D eigenvalue weighted by molar-refractivity contribution is 0.461. The average Bonchev–Trinajstić information content (AvgIpc) is 3.68. The van der Waals surface area contributed by atoms with E-state index in [2.05, 4.69) is 114 Å². The summed E-state index contributed by atoms with van der Waals surface area (Å²) >= 11 is 4.08. The molecule has 2 atom stereocenters. The van der Waals surface area contributed by atoms with Crippen molar-refractivity contribution in [2.75, 3.05) is 0 Å². The molecule has 2 N–H and O–H groups in total. The molecular weight excluding hydrogens is 577 g/mol. The molecule has 236 valence electrons. The Labute approximate surface area is 275 Å². The highest BCUT2D eigenvalue weighted by Gasteiger charge is 2.28. The van der Waals surface area contributed by atoms with Gasteiger partial charge < -0.3 is 10.2 Å². The number of phenols is 2. The van der Waals surface area contributed by atoms with E-state index in [4.69, 9.17) is 0 Å². The summed E-state index contributed by atoms with van der Waals surface area (Å²) in [6, 6.07) is 8.93. The van der Waals surface area contributed by atoms with Crippen LogP contribution in [0.15, 0.2) is 72.9 Å². The van der Waals surface area contributed by atoms with Crippen LogP contribution in [-0.2, 0) is 22.3 Å². The van der Waals surface area contributed by atoms with Crippen molar-refractivity contribution in [1.82, 2.24) is 0 Å². The maximum absolute atomic E-state index is 11.5. The predicted molar refractivity (Wildman–Crippen MR) is 194 cm³/mol. The molecule has 3 aliphatic rings. The van der Waals surface area contributed by atoms with Crippen LogP contribution in [0.4, 0.5) is 0 Å². The average molecular weight is 629 g/mol. The van der Waals surface area contributed by atoms with Crippen LogP contribution in [-0.4, -0.2) is 20.7 Å². The smallest absolute Gasteiger partial charge is 0.123 e. The van der Waals surface area contributed by atoms with Gasteiger partial charge in [0.05, 0.1) is 0 Å². The summed E-state index contributed by atoms with van der Waals surface area (Å²) in [4.78, 5) is 0. The first kappa shape index (κ1) is 33.1. The third kappa shape index (κ3) is 7.91. The first-order chi connectivity index (χ1) is 20.9. The Bertz CT molecular complexity index is 1300. The second-order valence-electron chi connectivity index (χ2n) is 14.9. The first-order valence-corrected chi connectivity index (χ1v) is 18.7. The van der Waals surface area contributed by atoms with Crippen LogP contribution in [0.3, 0.4) is 0 Å². The lowest BCUT2D eigenvalue weighted by Gasteiger charge is -2.30. The second-order valence-corrected chi connectivity index (χ2v) is 17.4. The number of aromatic hydroxyl groups is 2. The molecule has 4 heteroatoms. The fourth-order valence-corrected chi connectivity index (χ4v) is 9.57. The number of phenolic OH excluding ortho intramolecular Hbond substituents is 2. The number of hydrogen-bond acceptors (Lipinski definition) is 4. The molecule has 2 aromatic rings. The summed E-state index contributed by atoms with van der Waals surface area (Å²) in [6.45, 7) is 13.6. The Hall–Kier alpha value is -2.30. The molecule has 0 saturated heterocycles. The zero-order valence-corrected chi connectivity index (χ0v) is 29.2. The lowest BCUT2D eigenvalue weighted by atomic mass is 9.83. The Morgan fingerprint density at radius 3 is 1.27 bits per heavy atom. The Morgan fingerprint density at radius 1 is 0.568 bits per heavy atom. The van der Waals surface area contributed by atoms with Crippen LogP contribution < -0.4 is 0 Å². The van der Waals surface area contributed by atoms with Gasteiger partial charge in [-0.3, -0.25) is 0 Å². The van der Waals surface area contributed by atoms with Gasteiger partial charge in [-0.25, -0.2) is 0 Å². The molecule has 2 unspecified atom stereocenters. The van der Waals surface area contributed by atoms with Gasteiger partial charge in [0.1, 0.15) is 11.5 Å². The highest BCUT2D eigenvalue weighted by molar-refractivity contribution is 8.03. The predicted octanol–water partition coefficient (Wildman–Crippen LogP) is 11.4. The van der Waals surface area contributed by atoms with Crippen molar-refractivity contribution in [1.29, 1.82) is 0 Å². The molecule has 0 radical (unpaired) electrons. The molecule has 5 rings (SSSR count). The standard InChI is InChI=1S/C40H52O2S2/c1-39(2,3)31-21-29(37(41)33(23-31)27-15-11-12-16-27)25-43-35-19-9-7-8-10-20-36(35)44-26-30-22-32(40(4,5)6)24-34(38(30)42)28-17-13-14-18-28/h11-18,21-24,27-28,35-36,41-42H,7-10,19-20,25-26H2,1-6H3. The van der Waals surface area contributed by atoms with Crippen LogP contribution in [0.5, 0.6) is 11.5 Å². The van der Waals surface area contributed by atoms with Crippen molar-refractivity contribution in [2.24, 2.45) is 0 Å². The van der Waals surface area contributed by atoms with Gasteiger partial charge in [0.25, 0.3) is 0 Å². The molecular formula is C40H52O2S2. The van der Waals surface area contributed by atoms with Gasteiger partial charge in [-0.2, -0.15) is 23.5 Å². The highest BCUT2D eigenvalue weighted by Crippen LogP contribution is 2.44. The zero-order valence-electron chi connectivity index (χ0n) is 27.6. The van der Waals surface area contributed by atoms with Gasteiger partial charge in [0.15, 0.2) is 0 Å².